The molecule has 8 heavy (non-hydrogen) atoms. The summed E-state index contributed by atoms with van der Waals surface area (Å²) >= 11 is 0. The van der Waals surface area contributed by atoms with Gasteiger partial charge in [0, 0.05) is 0 Å². The zero-order valence-electron chi connectivity index (χ0n) is 6.02. The normalized spacial score (nSPS) is 47.6. The molecule has 1 heterocycles. The average Bonchev–Trinajstić information content (AvgIpc) is 1.85. The van der Waals surface area contributed by atoms with Crippen molar-refractivity contribution in [3.8, 4) is 0 Å². The van der Waals surface area contributed by atoms with E-state index in [1.165, 1.54) is 12.3 Å². The zero-order valence-corrected chi connectivity index (χ0v) is 6.91. The maximum Gasteiger partial charge on any atom is -0.0300 e. The predicted octanol–water partition coefficient (Wildman–Crippen LogP) is 2.38. The van der Waals surface area contributed by atoms with E-state index in [0.29, 0.717) is 7.92 Å². The summed E-state index contributed by atoms with van der Waals surface area (Å²) in [6.07, 6.45) is 3.05. The van der Waals surface area contributed by atoms with Gasteiger partial charge in [0.2, 0.25) is 0 Å². The summed E-state index contributed by atoms with van der Waals surface area (Å²) in [5.41, 5.74) is 0. The van der Waals surface area contributed by atoms with Crippen molar-refractivity contribution in [2.24, 2.45) is 11.8 Å². The van der Waals surface area contributed by atoms with E-state index in [1.54, 1.807) is 0 Å². The van der Waals surface area contributed by atoms with Crippen LogP contribution in [0.25, 0.3) is 0 Å². The molecule has 0 N–H and O–H groups in total. The summed E-state index contributed by atoms with van der Waals surface area (Å²) in [4.78, 5) is 0. The second-order valence-corrected chi connectivity index (χ2v) is 5.62. The van der Waals surface area contributed by atoms with Gasteiger partial charge in [0.05, 0.1) is 0 Å². The Kier molecular flexibility index (Phi) is 1.92. The zero-order chi connectivity index (χ0) is 6.15. The molecule has 0 bridgehead atoms. The molecule has 0 aromatic carbocycles. The van der Waals surface area contributed by atoms with Crippen molar-refractivity contribution < 1.29 is 0 Å². The smallest absolute Gasteiger partial charge is 0.0300 e. The first-order valence-electron chi connectivity index (χ1n) is 3.38. The Hall–Kier alpha value is 0.430. The van der Waals surface area contributed by atoms with Gasteiger partial charge in [-0.2, -0.15) is 0 Å². The topological polar surface area (TPSA) is 0 Å². The van der Waals surface area contributed by atoms with Gasteiger partial charge in [0.1, 0.15) is 0 Å². The molecule has 1 aliphatic heterocycles. The molecule has 0 spiro atoms. The van der Waals surface area contributed by atoms with Gasteiger partial charge in [-0.3, -0.25) is 0 Å². The Balaban J connectivity index is 2.39. The molecule has 0 amide bonds. The second kappa shape index (κ2) is 2.35. The second-order valence-electron chi connectivity index (χ2n) is 3.18. The molecule has 1 aliphatic rings. The Labute approximate surface area is 53.4 Å². The minimum atomic E-state index is 0.456. The van der Waals surface area contributed by atoms with E-state index in [4.69, 9.17) is 0 Å². The SMILES string of the molecule is C[C@@H]1CP(C)C[C@@H]1C. The quantitative estimate of drug-likeness (QED) is 0.442. The van der Waals surface area contributed by atoms with Crippen molar-refractivity contribution in [3.05, 3.63) is 0 Å². The number of hydrogen-bond acceptors (Lipinski definition) is 0. The summed E-state index contributed by atoms with van der Waals surface area (Å²) in [6, 6.07) is 0. The highest BCUT2D eigenvalue weighted by atomic mass is 31.1. The molecule has 48 valence electrons. The first kappa shape index (κ1) is 6.55. The molecule has 0 aromatic heterocycles. The maximum atomic E-state index is 2.43. The molecule has 3 atom stereocenters. The van der Waals surface area contributed by atoms with Crippen LogP contribution in [0.3, 0.4) is 0 Å². The van der Waals surface area contributed by atoms with Crippen LogP contribution in [0.5, 0.6) is 0 Å². The van der Waals surface area contributed by atoms with E-state index in [0.717, 1.165) is 11.8 Å². The third kappa shape index (κ3) is 1.23. The van der Waals surface area contributed by atoms with Crippen LogP contribution in [-0.2, 0) is 0 Å². The van der Waals surface area contributed by atoms with E-state index >= 15 is 0 Å². The van der Waals surface area contributed by atoms with Crippen LogP contribution >= 0.6 is 7.92 Å². The van der Waals surface area contributed by atoms with Crippen LogP contribution in [0, 0.1) is 11.8 Å². The lowest BCUT2D eigenvalue weighted by Gasteiger charge is -2.04. The van der Waals surface area contributed by atoms with Crippen LogP contribution in [0.2, 0.25) is 0 Å². The molecule has 1 fully saturated rings. The lowest BCUT2D eigenvalue weighted by Crippen LogP contribution is -2.01. The summed E-state index contributed by atoms with van der Waals surface area (Å²) in [7, 11) is 0.456. The Bertz CT molecular complexity index is 70.5. The molecule has 1 unspecified atom stereocenters. The van der Waals surface area contributed by atoms with E-state index < -0.39 is 0 Å². The molecule has 1 rings (SSSR count). The molecule has 0 radical (unpaired) electrons. The van der Waals surface area contributed by atoms with Crippen molar-refractivity contribution in [2.45, 2.75) is 13.8 Å². The van der Waals surface area contributed by atoms with Gasteiger partial charge in [-0.25, -0.2) is 0 Å². The highest BCUT2D eigenvalue weighted by molar-refractivity contribution is 7.57. The van der Waals surface area contributed by atoms with Crippen LogP contribution in [0.4, 0.5) is 0 Å². The van der Waals surface area contributed by atoms with Gasteiger partial charge >= 0.3 is 0 Å². The first-order valence-corrected chi connectivity index (χ1v) is 5.54. The van der Waals surface area contributed by atoms with Crippen LogP contribution in [-0.4, -0.2) is 19.0 Å². The lowest BCUT2D eigenvalue weighted by atomic mass is 10.0. The fourth-order valence-corrected chi connectivity index (χ4v) is 4.25. The van der Waals surface area contributed by atoms with E-state index in [9.17, 15) is 0 Å². The van der Waals surface area contributed by atoms with Crippen molar-refractivity contribution in [1.82, 2.24) is 0 Å². The Morgan fingerprint density at radius 2 is 1.50 bits per heavy atom. The monoisotopic (exact) mass is 130 g/mol. The van der Waals surface area contributed by atoms with Crippen molar-refractivity contribution in [3.63, 3.8) is 0 Å². The number of hydrogen-bond donors (Lipinski definition) is 0. The van der Waals surface area contributed by atoms with Crippen molar-refractivity contribution in [1.29, 1.82) is 0 Å². The third-order valence-electron chi connectivity index (χ3n) is 2.17. The Morgan fingerprint density at radius 1 is 1.12 bits per heavy atom. The van der Waals surface area contributed by atoms with E-state index in [2.05, 4.69) is 20.5 Å². The Morgan fingerprint density at radius 3 is 1.62 bits per heavy atom. The highest BCUT2D eigenvalue weighted by Crippen LogP contribution is 2.45. The standard InChI is InChI=1S/C7H15P/c1-6-4-8(3)5-7(6)2/h6-7H,4-5H2,1-3H3/t6-,7+,8?. The molecule has 0 aliphatic carbocycles. The predicted molar refractivity (Wildman–Crippen MR) is 40.9 cm³/mol. The fraction of sp³-hybridized carbons (Fsp3) is 1.00. The van der Waals surface area contributed by atoms with E-state index in [1.807, 2.05) is 0 Å². The van der Waals surface area contributed by atoms with Gasteiger partial charge in [-0.05, 0) is 30.8 Å². The average molecular weight is 130 g/mol. The molecule has 0 saturated carbocycles. The largest absolute Gasteiger partial charge is 0.109 e. The van der Waals surface area contributed by atoms with Crippen LogP contribution < -0.4 is 0 Å². The van der Waals surface area contributed by atoms with Gasteiger partial charge in [-0.15, -0.1) is 7.92 Å². The first-order chi connectivity index (χ1) is 3.70. The minimum absolute atomic E-state index is 0.456. The summed E-state index contributed by atoms with van der Waals surface area (Å²) in [6.45, 7) is 7.20. The molecule has 0 nitrogen and oxygen atoms in total. The molecule has 1 heteroatoms. The van der Waals surface area contributed by atoms with E-state index in [-0.39, 0.29) is 0 Å². The molecular formula is C7H15P. The summed E-state index contributed by atoms with van der Waals surface area (Å²) in [5, 5.41) is 0. The number of rotatable bonds is 0. The highest BCUT2D eigenvalue weighted by Gasteiger charge is 2.23. The lowest BCUT2D eigenvalue weighted by molar-refractivity contribution is 0.494. The van der Waals surface area contributed by atoms with Gasteiger partial charge < -0.3 is 0 Å². The molecule has 1 saturated heterocycles. The third-order valence-corrected chi connectivity index (χ3v) is 4.57. The molecule has 0 aromatic rings. The van der Waals surface area contributed by atoms with Crippen LogP contribution in [0.1, 0.15) is 13.8 Å². The maximum absolute atomic E-state index is 2.43. The fourth-order valence-electron chi connectivity index (χ4n) is 1.42. The van der Waals surface area contributed by atoms with Crippen LogP contribution in [0.15, 0.2) is 0 Å². The van der Waals surface area contributed by atoms with Gasteiger partial charge in [-0.1, -0.05) is 13.8 Å². The molecular weight excluding hydrogens is 115 g/mol. The summed E-state index contributed by atoms with van der Waals surface area (Å²) < 4.78 is 0. The van der Waals surface area contributed by atoms with Crippen molar-refractivity contribution in [2.75, 3.05) is 19.0 Å². The van der Waals surface area contributed by atoms with Crippen molar-refractivity contribution >= 4 is 7.92 Å². The minimum Gasteiger partial charge on any atom is -0.109 e. The summed E-state index contributed by atoms with van der Waals surface area (Å²) in [5.74, 6) is 2.04. The van der Waals surface area contributed by atoms with Gasteiger partial charge in [0.15, 0.2) is 0 Å². The van der Waals surface area contributed by atoms with Gasteiger partial charge in [0.25, 0.3) is 0 Å².